The average Bonchev–Trinajstić information content (AvgIpc) is 3.37. The van der Waals surface area contributed by atoms with Crippen molar-refractivity contribution >= 4 is 34.3 Å². The molecule has 2 aromatic carbocycles. The zero-order valence-corrected chi connectivity index (χ0v) is 20.3. The first-order chi connectivity index (χ1) is 16.6. The number of imidazole rings is 1. The average molecular weight is 478 g/mol. The van der Waals surface area contributed by atoms with Crippen LogP contribution in [0, 0.1) is 0 Å². The molecule has 0 unspecified atom stereocenters. The summed E-state index contributed by atoms with van der Waals surface area (Å²) in [7, 11) is 0. The SMILES string of the molecule is CSCC[C@H](NC(=O)c1ccc2ccccc2c1)C(=O)N1CCC2(CC1)NCCc1[nH]cnc12. The molecular weight excluding hydrogens is 446 g/mol. The van der Waals surface area contributed by atoms with Gasteiger partial charge in [0, 0.05) is 37.3 Å². The molecule has 1 fully saturated rings. The fourth-order valence-corrected chi connectivity index (χ4v) is 5.71. The Labute approximate surface area is 204 Å². The molecule has 1 aromatic heterocycles. The number of carbonyl (C=O) groups excluding carboxylic acids is 2. The molecule has 0 radical (unpaired) electrons. The molecule has 3 aromatic rings. The first-order valence-electron chi connectivity index (χ1n) is 11.9. The van der Waals surface area contributed by atoms with Gasteiger partial charge in [-0.1, -0.05) is 30.3 Å². The summed E-state index contributed by atoms with van der Waals surface area (Å²) >= 11 is 1.69. The van der Waals surface area contributed by atoms with Crippen LogP contribution in [-0.4, -0.2) is 64.4 Å². The maximum atomic E-state index is 13.5. The first-order valence-corrected chi connectivity index (χ1v) is 13.3. The van der Waals surface area contributed by atoms with Crippen LogP contribution in [0.2, 0.25) is 0 Å². The van der Waals surface area contributed by atoms with Crippen LogP contribution >= 0.6 is 11.8 Å². The fourth-order valence-electron chi connectivity index (χ4n) is 5.24. The standard InChI is InChI=1S/C26H31N5O2S/c1-34-15-9-22(30-24(32)20-7-6-18-4-2-3-5-19(18)16-20)25(33)31-13-10-26(11-14-31)23-21(8-12-29-26)27-17-28-23/h2-7,16-17,22,29H,8-15H2,1H3,(H,27,28)(H,30,32)/t22-/m0/s1. The lowest BCUT2D eigenvalue weighted by Gasteiger charge is -2.44. The number of nitrogens with one attached hydrogen (secondary N) is 3. The third-order valence-electron chi connectivity index (χ3n) is 7.16. The van der Waals surface area contributed by atoms with Crippen molar-refractivity contribution in [2.45, 2.75) is 37.3 Å². The molecule has 34 heavy (non-hydrogen) atoms. The molecule has 5 rings (SSSR count). The van der Waals surface area contributed by atoms with E-state index in [2.05, 4.69) is 20.6 Å². The molecule has 0 aliphatic carbocycles. The van der Waals surface area contributed by atoms with Gasteiger partial charge < -0.3 is 20.5 Å². The van der Waals surface area contributed by atoms with Crippen molar-refractivity contribution in [3.05, 3.63) is 65.7 Å². The molecule has 0 bridgehead atoms. The van der Waals surface area contributed by atoms with Crippen molar-refractivity contribution in [2.75, 3.05) is 31.6 Å². The zero-order valence-electron chi connectivity index (χ0n) is 19.5. The van der Waals surface area contributed by atoms with Gasteiger partial charge >= 0.3 is 0 Å². The van der Waals surface area contributed by atoms with Gasteiger partial charge in [-0.25, -0.2) is 4.98 Å². The number of aromatic nitrogens is 2. The Morgan fingerprint density at radius 2 is 1.97 bits per heavy atom. The molecule has 2 aliphatic heterocycles. The number of piperidine rings is 1. The van der Waals surface area contributed by atoms with Crippen LogP contribution in [-0.2, 0) is 16.8 Å². The van der Waals surface area contributed by atoms with E-state index >= 15 is 0 Å². The topological polar surface area (TPSA) is 90.1 Å². The number of fused-ring (bicyclic) bond motifs is 3. The van der Waals surface area contributed by atoms with Crippen LogP contribution in [0.4, 0.5) is 0 Å². The number of nitrogens with zero attached hydrogens (tertiary/aromatic N) is 2. The van der Waals surface area contributed by atoms with Gasteiger partial charge in [0.1, 0.15) is 6.04 Å². The lowest BCUT2D eigenvalue weighted by Crippen LogP contribution is -2.57. The molecule has 1 saturated heterocycles. The smallest absolute Gasteiger partial charge is 0.251 e. The Morgan fingerprint density at radius 3 is 2.76 bits per heavy atom. The van der Waals surface area contributed by atoms with Gasteiger partial charge in [-0.15, -0.1) is 0 Å². The highest BCUT2D eigenvalue weighted by Gasteiger charge is 2.42. The van der Waals surface area contributed by atoms with Crippen molar-refractivity contribution in [1.29, 1.82) is 0 Å². The number of aromatic amines is 1. The van der Waals surface area contributed by atoms with Gasteiger partial charge in [0.15, 0.2) is 0 Å². The lowest BCUT2D eigenvalue weighted by atomic mass is 9.80. The number of benzene rings is 2. The summed E-state index contributed by atoms with van der Waals surface area (Å²) in [6.07, 6.45) is 7.01. The number of thioether (sulfide) groups is 1. The van der Waals surface area contributed by atoms with E-state index in [1.165, 1.54) is 5.69 Å². The Balaban J connectivity index is 1.28. The largest absolute Gasteiger partial charge is 0.348 e. The van der Waals surface area contributed by atoms with E-state index in [0.717, 1.165) is 48.0 Å². The number of amides is 2. The third-order valence-corrected chi connectivity index (χ3v) is 7.81. The Kier molecular flexibility index (Phi) is 6.61. The lowest BCUT2D eigenvalue weighted by molar-refractivity contribution is -0.135. The van der Waals surface area contributed by atoms with Crippen molar-refractivity contribution < 1.29 is 9.59 Å². The van der Waals surface area contributed by atoms with E-state index in [1.54, 1.807) is 18.1 Å². The summed E-state index contributed by atoms with van der Waals surface area (Å²) in [5, 5.41) is 8.82. The van der Waals surface area contributed by atoms with Crippen LogP contribution in [0.5, 0.6) is 0 Å². The van der Waals surface area contributed by atoms with Crippen LogP contribution in [0.15, 0.2) is 48.8 Å². The van der Waals surface area contributed by atoms with Crippen LogP contribution in [0.25, 0.3) is 10.8 Å². The zero-order chi connectivity index (χ0) is 23.5. The highest BCUT2D eigenvalue weighted by molar-refractivity contribution is 7.98. The van der Waals surface area contributed by atoms with Gasteiger partial charge in [-0.05, 0) is 54.2 Å². The molecule has 8 heteroatoms. The number of likely N-dealkylation sites (tertiary alicyclic amines) is 1. The number of rotatable bonds is 6. The van der Waals surface area contributed by atoms with E-state index in [9.17, 15) is 9.59 Å². The quantitative estimate of drug-likeness (QED) is 0.508. The Bertz CT molecular complexity index is 1180. The monoisotopic (exact) mass is 477 g/mol. The van der Waals surface area contributed by atoms with Crippen molar-refractivity contribution in [2.24, 2.45) is 0 Å². The van der Waals surface area contributed by atoms with Crippen molar-refractivity contribution in [3.8, 4) is 0 Å². The molecule has 3 heterocycles. The first kappa shape index (κ1) is 22.9. The summed E-state index contributed by atoms with van der Waals surface area (Å²) in [5.41, 5.74) is 2.73. The summed E-state index contributed by atoms with van der Waals surface area (Å²) in [6, 6.07) is 13.1. The van der Waals surface area contributed by atoms with E-state index in [1.807, 2.05) is 53.6 Å². The predicted octanol–water partition coefficient (Wildman–Crippen LogP) is 3.08. The Hall–Kier alpha value is -2.84. The number of H-pyrrole nitrogens is 1. The third kappa shape index (κ3) is 4.44. The van der Waals surface area contributed by atoms with Gasteiger partial charge in [0.25, 0.3) is 5.91 Å². The van der Waals surface area contributed by atoms with Crippen LogP contribution < -0.4 is 10.6 Å². The summed E-state index contributed by atoms with van der Waals surface area (Å²) < 4.78 is 0. The molecule has 0 saturated carbocycles. The second kappa shape index (κ2) is 9.80. The molecule has 178 valence electrons. The molecular formula is C26H31N5O2S. The van der Waals surface area contributed by atoms with E-state index in [-0.39, 0.29) is 17.4 Å². The van der Waals surface area contributed by atoms with E-state index in [0.29, 0.717) is 25.1 Å². The minimum absolute atomic E-state index is 0.0103. The number of hydrogen-bond acceptors (Lipinski definition) is 5. The Morgan fingerprint density at radius 1 is 1.18 bits per heavy atom. The predicted molar refractivity (Wildman–Crippen MR) is 136 cm³/mol. The fraction of sp³-hybridized carbons (Fsp3) is 0.423. The van der Waals surface area contributed by atoms with E-state index < -0.39 is 6.04 Å². The van der Waals surface area contributed by atoms with Crippen LogP contribution in [0.1, 0.15) is 41.0 Å². The summed E-state index contributed by atoms with van der Waals surface area (Å²) in [4.78, 5) is 36.4. The van der Waals surface area contributed by atoms with Gasteiger partial charge in [-0.2, -0.15) is 11.8 Å². The molecule has 3 N–H and O–H groups in total. The second-order valence-electron chi connectivity index (χ2n) is 9.18. The summed E-state index contributed by atoms with van der Waals surface area (Å²) in [5.74, 6) is 0.620. The van der Waals surface area contributed by atoms with Crippen LogP contribution in [0.3, 0.4) is 0 Å². The minimum atomic E-state index is -0.527. The normalized spacial score (nSPS) is 18.0. The minimum Gasteiger partial charge on any atom is -0.348 e. The molecule has 7 nitrogen and oxygen atoms in total. The maximum Gasteiger partial charge on any atom is 0.251 e. The van der Waals surface area contributed by atoms with Crippen molar-refractivity contribution in [3.63, 3.8) is 0 Å². The van der Waals surface area contributed by atoms with Gasteiger partial charge in [0.05, 0.1) is 17.6 Å². The number of carbonyl (C=O) groups is 2. The van der Waals surface area contributed by atoms with E-state index in [4.69, 9.17) is 0 Å². The molecule has 2 amide bonds. The second-order valence-corrected chi connectivity index (χ2v) is 10.2. The van der Waals surface area contributed by atoms with Gasteiger partial charge in [0.2, 0.25) is 5.91 Å². The molecule has 1 atom stereocenters. The van der Waals surface area contributed by atoms with Gasteiger partial charge in [-0.3, -0.25) is 9.59 Å². The molecule has 1 spiro atoms. The highest BCUT2D eigenvalue weighted by atomic mass is 32.2. The number of hydrogen-bond donors (Lipinski definition) is 3. The summed E-state index contributed by atoms with van der Waals surface area (Å²) in [6.45, 7) is 2.22. The van der Waals surface area contributed by atoms with Crippen molar-refractivity contribution in [1.82, 2.24) is 25.5 Å². The molecule has 2 aliphatic rings. The maximum absolute atomic E-state index is 13.5. The highest BCUT2D eigenvalue weighted by Crippen LogP contribution is 2.36.